The molecule has 1 heterocycles. The molecule has 0 atom stereocenters. The van der Waals surface area contributed by atoms with Crippen LogP contribution in [0.4, 0.5) is 23.7 Å². The number of likely N-dealkylation sites (tertiary alicyclic amines) is 1. The average Bonchev–Trinajstić information content (AvgIpc) is 2.72. The van der Waals surface area contributed by atoms with E-state index in [1.165, 1.54) is 10.5 Å². The second-order valence-corrected chi connectivity index (χ2v) is 10.5. The van der Waals surface area contributed by atoms with Crippen molar-refractivity contribution in [2.24, 2.45) is 5.92 Å². The van der Waals surface area contributed by atoms with E-state index in [9.17, 15) is 18.0 Å². The second-order valence-electron chi connectivity index (χ2n) is 10.5. The quantitative estimate of drug-likeness (QED) is 0.543. The largest absolute Gasteiger partial charge is 0.444 e. The van der Waals surface area contributed by atoms with Crippen molar-refractivity contribution in [1.29, 1.82) is 0 Å². The SMILES string of the molecule is CC(C)(C)OC(=O)NC1CCC(CNc2ccc(C3CCN(CC(F)(F)F)CC3)cc2)CC1. The van der Waals surface area contributed by atoms with Crippen molar-refractivity contribution in [2.75, 3.05) is 31.5 Å². The zero-order chi connectivity index (χ0) is 24.1. The zero-order valence-corrected chi connectivity index (χ0v) is 20.0. The molecule has 8 heteroatoms. The molecule has 33 heavy (non-hydrogen) atoms. The van der Waals surface area contributed by atoms with Crippen molar-refractivity contribution in [3.8, 4) is 0 Å². The van der Waals surface area contributed by atoms with Gasteiger partial charge in [-0.25, -0.2) is 4.79 Å². The van der Waals surface area contributed by atoms with Gasteiger partial charge in [-0.15, -0.1) is 0 Å². The molecule has 1 saturated carbocycles. The Morgan fingerprint density at radius 2 is 1.61 bits per heavy atom. The Kier molecular flexibility index (Phi) is 8.54. The summed E-state index contributed by atoms with van der Waals surface area (Å²) in [6.07, 6.45) is 1.11. The first-order valence-electron chi connectivity index (χ1n) is 12.1. The number of alkyl halides is 3. The number of piperidine rings is 1. The van der Waals surface area contributed by atoms with Crippen LogP contribution in [0, 0.1) is 5.92 Å². The van der Waals surface area contributed by atoms with Crippen LogP contribution in [-0.2, 0) is 4.74 Å². The predicted molar refractivity (Wildman–Crippen MR) is 125 cm³/mol. The van der Waals surface area contributed by atoms with Crippen LogP contribution >= 0.6 is 0 Å². The van der Waals surface area contributed by atoms with Crippen molar-refractivity contribution in [1.82, 2.24) is 10.2 Å². The van der Waals surface area contributed by atoms with Gasteiger partial charge in [0.15, 0.2) is 0 Å². The summed E-state index contributed by atoms with van der Waals surface area (Å²) in [5, 5.41) is 6.50. The van der Waals surface area contributed by atoms with Crippen LogP contribution < -0.4 is 10.6 Å². The molecule has 1 aliphatic carbocycles. The van der Waals surface area contributed by atoms with Crippen molar-refractivity contribution in [3.05, 3.63) is 29.8 Å². The standard InChI is InChI=1S/C25H38F3N3O2/c1-24(2,3)33-23(32)30-22-8-4-18(5-9-22)16-29-21-10-6-19(7-11-21)20-12-14-31(15-13-20)17-25(26,27)28/h6-7,10-11,18,20,22,29H,4-5,8-9,12-17H2,1-3H3,(H,30,32). The summed E-state index contributed by atoms with van der Waals surface area (Å²) < 4.78 is 43.0. The Labute approximate surface area is 195 Å². The molecule has 2 aliphatic rings. The monoisotopic (exact) mass is 469 g/mol. The number of anilines is 1. The van der Waals surface area contributed by atoms with E-state index in [1.54, 1.807) is 0 Å². The van der Waals surface area contributed by atoms with Gasteiger partial charge in [-0.1, -0.05) is 12.1 Å². The second kappa shape index (κ2) is 11.0. The number of benzene rings is 1. The van der Waals surface area contributed by atoms with Gasteiger partial charge in [0, 0.05) is 18.3 Å². The van der Waals surface area contributed by atoms with Crippen LogP contribution in [-0.4, -0.2) is 55.0 Å². The van der Waals surface area contributed by atoms with E-state index < -0.39 is 18.3 Å². The third kappa shape index (κ3) is 9.07. The van der Waals surface area contributed by atoms with Crippen LogP contribution in [0.2, 0.25) is 0 Å². The lowest BCUT2D eigenvalue weighted by molar-refractivity contribution is -0.147. The smallest absolute Gasteiger partial charge is 0.407 e. The topological polar surface area (TPSA) is 53.6 Å². The molecule has 1 aromatic carbocycles. The minimum absolute atomic E-state index is 0.179. The highest BCUT2D eigenvalue weighted by molar-refractivity contribution is 5.68. The number of nitrogens with zero attached hydrogens (tertiary/aromatic N) is 1. The molecule has 0 bridgehead atoms. The molecular weight excluding hydrogens is 431 g/mol. The highest BCUT2D eigenvalue weighted by atomic mass is 19.4. The molecular formula is C25H38F3N3O2. The number of ether oxygens (including phenoxy) is 1. The summed E-state index contributed by atoms with van der Waals surface area (Å²) in [6, 6.07) is 8.54. The number of amides is 1. The molecule has 0 radical (unpaired) electrons. The summed E-state index contributed by atoms with van der Waals surface area (Å²) in [4.78, 5) is 13.4. The maximum absolute atomic E-state index is 12.6. The number of carbonyl (C=O) groups excluding carboxylic acids is 1. The Morgan fingerprint density at radius 1 is 1.00 bits per heavy atom. The summed E-state index contributed by atoms with van der Waals surface area (Å²) in [5.41, 5.74) is 1.80. The molecule has 2 fully saturated rings. The Balaban J connectivity index is 1.35. The average molecular weight is 470 g/mol. The van der Waals surface area contributed by atoms with Crippen LogP contribution in [0.3, 0.4) is 0 Å². The number of hydrogen-bond donors (Lipinski definition) is 2. The van der Waals surface area contributed by atoms with Gasteiger partial charge in [0.05, 0.1) is 6.54 Å². The Morgan fingerprint density at radius 3 is 2.15 bits per heavy atom. The third-order valence-electron chi connectivity index (χ3n) is 6.54. The van der Waals surface area contributed by atoms with Gasteiger partial charge >= 0.3 is 12.3 Å². The minimum atomic E-state index is -4.12. The van der Waals surface area contributed by atoms with Gasteiger partial charge in [0.25, 0.3) is 0 Å². The lowest BCUT2D eigenvalue weighted by Crippen LogP contribution is -2.41. The van der Waals surface area contributed by atoms with Crippen molar-refractivity contribution in [2.45, 2.75) is 83.0 Å². The van der Waals surface area contributed by atoms with E-state index in [0.29, 0.717) is 24.9 Å². The summed E-state index contributed by atoms with van der Waals surface area (Å²) in [7, 11) is 0. The molecule has 0 aromatic heterocycles. The highest BCUT2D eigenvalue weighted by Gasteiger charge is 2.32. The lowest BCUT2D eigenvalue weighted by Gasteiger charge is -2.32. The normalized spacial score (nSPS) is 23.2. The van der Waals surface area contributed by atoms with E-state index in [4.69, 9.17) is 4.74 Å². The first kappa shape index (κ1) is 25.7. The number of hydrogen-bond acceptors (Lipinski definition) is 4. The predicted octanol–water partition coefficient (Wildman–Crippen LogP) is 5.92. The first-order valence-corrected chi connectivity index (χ1v) is 12.1. The van der Waals surface area contributed by atoms with E-state index in [0.717, 1.165) is 50.8 Å². The van der Waals surface area contributed by atoms with Gasteiger partial charge in [-0.3, -0.25) is 4.90 Å². The molecule has 1 saturated heterocycles. The fourth-order valence-electron chi connectivity index (χ4n) is 4.80. The first-order chi connectivity index (χ1) is 15.5. The molecule has 2 N–H and O–H groups in total. The number of carbonyl (C=O) groups is 1. The van der Waals surface area contributed by atoms with Gasteiger partial charge in [-0.05, 0) is 102 Å². The molecule has 0 unspecified atom stereocenters. The third-order valence-corrected chi connectivity index (χ3v) is 6.54. The van der Waals surface area contributed by atoms with E-state index >= 15 is 0 Å². The van der Waals surface area contributed by atoms with Crippen LogP contribution in [0.15, 0.2) is 24.3 Å². The molecule has 1 aromatic rings. The molecule has 186 valence electrons. The summed E-state index contributed by atoms with van der Waals surface area (Å²) >= 11 is 0. The highest BCUT2D eigenvalue weighted by Crippen LogP contribution is 2.31. The summed E-state index contributed by atoms with van der Waals surface area (Å²) in [6.45, 7) is 6.68. The number of rotatable bonds is 6. The number of halogens is 3. The Bertz CT molecular complexity index is 746. The minimum Gasteiger partial charge on any atom is -0.444 e. The molecule has 5 nitrogen and oxygen atoms in total. The van der Waals surface area contributed by atoms with Crippen LogP contribution in [0.5, 0.6) is 0 Å². The fraction of sp³-hybridized carbons (Fsp3) is 0.720. The lowest BCUT2D eigenvalue weighted by atomic mass is 9.86. The van der Waals surface area contributed by atoms with Crippen LogP contribution in [0.1, 0.15) is 70.8 Å². The van der Waals surface area contributed by atoms with Gasteiger partial charge in [0.1, 0.15) is 5.60 Å². The van der Waals surface area contributed by atoms with Crippen molar-refractivity contribution >= 4 is 11.8 Å². The number of nitrogens with one attached hydrogen (secondary N) is 2. The number of alkyl carbamates (subject to hydrolysis) is 1. The van der Waals surface area contributed by atoms with E-state index in [2.05, 4.69) is 34.9 Å². The maximum Gasteiger partial charge on any atom is 0.407 e. The maximum atomic E-state index is 12.6. The molecule has 1 amide bonds. The van der Waals surface area contributed by atoms with E-state index in [1.807, 2.05) is 20.8 Å². The van der Waals surface area contributed by atoms with Gasteiger partial charge in [-0.2, -0.15) is 13.2 Å². The Hall–Kier alpha value is -1.96. The molecule has 0 spiro atoms. The van der Waals surface area contributed by atoms with Gasteiger partial charge in [0.2, 0.25) is 0 Å². The molecule has 1 aliphatic heterocycles. The van der Waals surface area contributed by atoms with Gasteiger partial charge < -0.3 is 15.4 Å². The van der Waals surface area contributed by atoms with Crippen molar-refractivity contribution in [3.63, 3.8) is 0 Å². The summed E-state index contributed by atoms with van der Waals surface area (Å²) in [5.74, 6) is 0.899. The fourth-order valence-corrected chi connectivity index (χ4v) is 4.80. The zero-order valence-electron chi connectivity index (χ0n) is 20.0. The van der Waals surface area contributed by atoms with Crippen LogP contribution in [0.25, 0.3) is 0 Å². The van der Waals surface area contributed by atoms with Crippen molar-refractivity contribution < 1.29 is 22.7 Å². The molecule has 3 rings (SSSR count). The van der Waals surface area contributed by atoms with E-state index in [-0.39, 0.29) is 12.1 Å².